The minimum atomic E-state index is 0.374. The van der Waals surface area contributed by atoms with E-state index in [-0.39, 0.29) is 0 Å². The molecule has 0 saturated heterocycles. The summed E-state index contributed by atoms with van der Waals surface area (Å²) in [7, 11) is 0. The SMILES string of the molecule is CC.CC(C)C1=NC(C)C(C)S[C@@H](C(C)(C)C)C1. The second-order valence-corrected chi connectivity index (χ2v) is 8.00. The van der Waals surface area contributed by atoms with Crippen molar-refractivity contribution in [3.05, 3.63) is 0 Å². The molecule has 108 valence electrons. The third-order valence-corrected chi connectivity index (χ3v) is 5.48. The van der Waals surface area contributed by atoms with Crippen LogP contribution in [-0.4, -0.2) is 22.3 Å². The zero-order chi connectivity index (χ0) is 14.5. The molecule has 3 atom stereocenters. The Bertz CT molecular complexity index is 263. The Labute approximate surface area is 119 Å². The van der Waals surface area contributed by atoms with Gasteiger partial charge in [-0.1, -0.05) is 55.4 Å². The van der Waals surface area contributed by atoms with E-state index in [1.165, 1.54) is 12.1 Å². The van der Waals surface area contributed by atoms with Gasteiger partial charge in [0.15, 0.2) is 0 Å². The van der Waals surface area contributed by atoms with Gasteiger partial charge in [0.25, 0.3) is 0 Å². The van der Waals surface area contributed by atoms with Gasteiger partial charge >= 0.3 is 0 Å². The number of hydrogen-bond acceptors (Lipinski definition) is 2. The molecule has 0 radical (unpaired) electrons. The average molecular weight is 272 g/mol. The van der Waals surface area contributed by atoms with Gasteiger partial charge in [-0.05, 0) is 24.7 Å². The second kappa shape index (κ2) is 7.57. The molecule has 0 amide bonds. The maximum atomic E-state index is 4.92. The fourth-order valence-corrected chi connectivity index (χ4v) is 3.41. The molecule has 0 aromatic heterocycles. The largest absolute Gasteiger partial charge is 0.290 e. The zero-order valence-electron chi connectivity index (χ0n) is 13.9. The maximum absolute atomic E-state index is 4.92. The van der Waals surface area contributed by atoms with E-state index in [9.17, 15) is 0 Å². The predicted octanol–water partition coefficient (Wildman–Crippen LogP) is 5.44. The smallest absolute Gasteiger partial charge is 0.0586 e. The molecule has 1 aliphatic rings. The Morgan fingerprint density at radius 3 is 2.06 bits per heavy atom. The van der Waals surface area contributed by atoms with Crippen molar-refractivity contribution in [2.45, 2.75) is 85.3 Å². The molecule has 1 rings (SSSR count). The lowest BCUT2D eigenvalue weighted by molar-refractivity contribution is 0.398. The first kappa shape index (κ1) is 18.0. The molecule has 1 aliphatic heterocycles. The molecular formula is C16H33NS. The monoisotopic (exact) mass is 271 g/mol. The number of nitrogens with zero attached hydrogens (tertiary/aromatic N) is 1. The first-order chi connectivity index (χ1) is 8.21. The van der Waals surface area contributed by atoms with Crippen LogP contribution < -0.4 is 0 Å². The third-order valence-electron chi connectivity index (χ3n) is 3.45. The Hall–Kier alpha value is 0.0200. The highest BCUT2D eigenvalue weighted by Gasteiger charge is 2.32. The zero-order valence-corrected chi connectivity index (χ0v) is 14.7. The second-order valence-electron chi connectivity index (χ2n) is 6.42. The molecule has 0 spiro atoms. The molecule has 0 aromatic carbocycles. The molecular weight excluding hydrogens is 238 g/mol. The highest BCUT2D eigenvalue weighted by atomic mass is 32.2. The summed E-state index contributed by atoms with van der Waals surface area (Å²) in [5.74, 6) is 0.596. The number of aliphatic imine (C=N–C) groups is 1. The normalized spacial score (nSPS) is 29.2. The van der Waals surface area contributed by atoms with Crippen LogP contribution in [0.1, 0.15) is 68.7 Å². The minimum Gasteiger partial charge on any atom is -0.290 e. The lowest BCUT2D eigenvalue weighted by Gasteiger charge is -2.31. The van der Waals surface area contributed by atoms with Crippen molar-refractivity contribution in [3.63, 3.8) is 0 Å². The Morgan fingerprint density at radius 2 is 1.67 bits per heavy atom. The van der Waals surface area contributed by atoms with Gasteiger partial charge in [-0.2, -0.15) is 11.8 Å². The van der Waals surface area contributed by atoms with Crippen LogP contribution in [0.4, 0.5) is 0 Å². The van der Waals surface area contributed by atoms with Gasteiger partial charge in [0, 0.05) is 16.2 Å². The van der Waals surface area contributed by atoms with Crippen molar-refractivity contribution >= 4 is 17.5 Å². The highest BCUT2D eigenvalue weighted by molar-refractivity contribution is 8.00. The summed E-state index contributed by atoms with van der Waals surface area (Å²) in [4.78, 5) is 4.92. The van der Waals surface area contributed by atoms with Crippen LogP contribution in [0.3, 0.4) is 0 Å². The van der Waals surface area contributed by atoms with Crippen LogP contribution in [0, 0.1) is 11.3 Å². The Kier molecular flexibility index (Phi) is 7.58. The molecule has 2 unspecified atom stereocenters. The molecule has 1 nitrogen and oxygen atoms in total. The third kappa shape index (κ3) is 5.34. The highest BCUT2D eigenvalue weighted by Crippen LogP contribution is 2.39. The molecule has 18 heavy (non-hydrogen) atoms. The summed E-state index contributed by atoms with van der Waals surface area (Å²) in [6.07, 6.45) is 1.17. The van der Waals surface area contributed by atoms with Gasteiger partial charge in [-0.15, -0.1) is 0 Å². The minimum absolute atomic E-state index is 0.374. The van der Waals surface area contributed by atoms with Gasteiger partial charge in [0.1, 0.15) is 0 Å². The maximum Gasteiger partial charge on any atom is 0.0586 e. The van der Waals surface area contributed by atoms with Gasteiger partial charge < -0.3 is 0 Å². The van der Waals surface area contributed by atoms with E-state index in [1.54, 1.807) is 0 Å². The first-order valence-electron chi connectivity index (χ1n) is 7.44. The van der Waals surface area contributed by atoms with Crippen molar-refractivity contribution in [3.8, 4) is 0 Å². The van der Waals surface area contributed by atoms with E-state index in [2.05, 4.69) is 60.2 Å². The fraction of sp³-hybridized carbons (Fsp3) is 0.938. The quantitative estimate of drug-likeness (QED) is 0.618. The van der Waals surface area contributed by atoms with Crippen molar-refractivity contribution in [2.24, 2.45) is 16.3 Å². The number of hydrogen-bond donors (Lipinski definition) is 0. The average Bonchev–Trinajstić information content (AvgIpc) is 2.41. The molecule has 1 heterocycles. The Morgan fingerprint density at radius 1 is 1.17 bits per heavy atom. The summed E-state index contributed by atoms with van der Waals surface area (Å²) < 4.78 is 0. The fourth-order valence-electron chi connectivity index (χ4n) is 1.93. The summed E-state index contributed by atoms with van der Waals surface area (Å²) in [6.45, 7) is 20.2. The summed E-state index contributed by atoms with van der Waals surface area (Å²) in [5.41, 5.74) is 1.79. The van der Waals surface area contributed by atoms with Crippen molar-refractivity contribution < 1.29 is 0 Å². The van der Waals surface area contributed by atoms with E-state index in [0.717, 1.165) is 0 Å². The molecule has 0 aliphatic carbocycles. The van der Waals surface area contributed by atoms with E-state index >= 15 is 0 Å². The van der Waals surface area contributed by atoms with Crippen LogP contribution in [0.5, 0.6) is 0 Å². The molecule has 0 aromatic rings. The predicted molar refractivity (Wildman–Crippen MR) is 88.0 cm³/mol. The van der Waals surface area contributed by atoms with E-state index in [1.807, 2.05) is 13.8 Å². The summed E-state index contributed by atoms with van der Waals surface area (Å²) >= 11 is 2.13. The van der Waals surface area contributed by atoms with Crippen molar-refractivity contribution in [1.29, 1.82) is 0 Å². The lowest BCUT2D eigenvalue weighted by Crippen LogP contribution is -2.28. The molecule has 0 saturated carbocycles. The van der Waals surface area contributed by atoms with Crippen LogP contribution in [0.2, 0.25) is 0 Å². The lowest BCUT2D eigenvalue weighted by atomic mass is 9.87. The van der Waals surface area contributed by atoms with Crippen LogP contribution in [-0.2, 0) is 0 Å². The first-order valence-corrected chi connectivity index (χ1v) is 8.38. The number of thioether (sulfide) groups is 1. The van der Waals surface area contributed by atoms with Gasteiger partial charge in [-0.3, -0.25) is 4.99 Å². The van der Waals surface area contributed by atoms with Crippen LogP contribution in [0.25, 0.3) is 0 Å². The molecule has 0 N–H and O–H groups in total. The Balaban J connectivity index is 0.00000137. The van der Waals surface area contributed by atoms with Crippen LogP contribution in [0.15, 0.2) is 4.99 Å². The van der Waals surface area contributed by atoms with Gasteiger partial charge in [0.05, 0.1) is 6.04 Å². The van der Waals surface area contributed by atoms with E-state index < -0.39 is 0 Å². The van der Waals surface area contributed by atoms with Gasteiger partial charge in [0.2, 0.25) is 0 Å². The van der Waals surface area contributed by atoms with Gasteiger partial charge in [-0.25, -0.2) is 0 Å². The molecule has 2 heteroatoms. The van der Waals surface area contributed by atoms with Crippen molar-refractivity contribution in [1.82, 2.24) is 0 Å². The number of rotatable bonds is 1. The molecule has 0 fully saturated rings. The van der Waals surface area contributed by atoms with E-state index in [4.69, 9.17) is 4.99 Å². The topological polar surface area (TPSA) is 12.4 Å². The summed E-state index contributed by atoms with van der Waals surface area (Å²) in [5, 5.41) is 1.34. The van der Waals surface area contributed by atoms with E-state index in [0.29, 0.717) is 27.9 Å². The van der Waals surface area contributed by atoms with Crippen molar-refractivity contribution in [2.75, 3.05) is 0 Å². The van der Waals surface area contributed by atoms with Crippen LogP contribution >= 0.6 is 11.8 Å². The summed E-state index contributed by atoms with van der Waals surface area (Å²) in [6, 6.07) is 0.467. The standard InChI is InChI=1S/C14H27NS.C2H6/c1-9(2)12-8-13(14(5,6)7)16-11(4)10(3)15-12;1-2/h9-11,13H,8H2,1-7H3;1-2H3/t10?,11?,13-;/m1./s1. The molecule has 0 bridgehead atoms.